The molecule has 3 rings (SSSR count). The minimum Gasteiger partial charge on any atom is -0.356 e. The van der Waals surface area contributed by atoms with Crippen LogP contribution in [0.4, 0.5) is 0 Å². The minimum absolute atomic E-state index is 0.529. The van der Waals surface area contributed by atoms with Gasteiger partial charge in [0, 0.05) is 31.1 Å². The molecule has 3 heterocycles. The average Bonchev–Trinajstić information content (AvgIpc) is 3.25. The van der Waals surface area contributed by atoms with Crippen molar-refractivity contribution in [1.82, 2.24) is 20.4 Å². The highest BCUT2D eigenvalue weighted by molar-refractivity contribution is 7.10. The second-order valence-corrected chi connectivity index (χ2v) is 9.93. The lowest BCUT2D eigenvalue weighted by Gasteiger charge is -2.39. The van der Waals surface area contributed by atoms with Crippen LogP contribution < -0.4 is 10.6 Å². The monoisotopic (exact) mass is 419 g/mol. The molecule has 2 unspecified atom stereocenters. The zero-order valence-electron chi connectivity index (χ0n) is 18.7. The Bertz CT molecular complexity index is 594. The average molecular weight is 420 g/mol. The van der Waals surface area contributed by atoms with Crippen LogP contribution in [0.5, 0.6) is 0 Å². The molecule has 0 bridgehead atoms. The van der Waals surface area contributed by atoms with Gasteiger partial charge in [-0.2, -0.15) is 0 Å². The summed E-state index contributed by atoms with van der Waals surface area (Å²) in [7, 11) is 4.15. The zero-order chi connectivity index (χ0) is 20.5. The summed E-state index contributed by atoms with van der Waals surface area (Å²) in [6.07, 6.45) is 7.79. The number of hydrogen-bond donors (Lipinski definition) is 2. The smallest absolute Gasteiger partial charge is 0.190 e. The van der Waals surface area contributed by atoms with Gasteiger partial charge in [0.15, 0.2) is 5.96 Å². The first-order valence-electron chi connectivity index (χ1n) is 11.6. The largest absolute Gasteiger partial charge is 0.356 e. The third-order valence-corrected chi connectivity index (χ3v) is 7.61. The Balaban J connectivity index is 1.35. The van der Waals surface area contributed by atoms with Gasteiger partial charge in [-0.1, -0.05) is 13.0 Å². The maximum Gasteiger partial charge on any atom is 0.190 e. The van der Waals surface area contributed by atoms with E-state index < -0.39 is 0 Å². The van der Waals surface area contributed by atoms with Crippen LogP contribution >= 0.6 is 11.3 Å². The third-order valence-electron chi connectivity index (χ3n) is 6.67. The molecule has 0 aliphatic carbocycles. The van der Waals surface area contributed by atoms with Crippen LogP contribution in [0.25, 0.3) is 0 Å². The highest BCUT2D eigenvalue weighted by Gasteiger charge is 2.31. The van der Waals surface area contributed by atoms with Gasteiger partial charge in [0.2, 0.25) is 0 Å². The summed E-state index contributed by atoms with van der Waals surface area (Å²) >= 11 is 1.89. The Labute approximate surface area is 182 Å². The molecule has 2 saturated heterocycles. The molecule has 1 aromatic rings. The Morgan fingerprint density at radius 3 is 2.72 bits per heavy atom. The van der Waals surface area contributed by atoms with E-state index in [1.54, 1.807) is 0 Å². The summed E-state index contributed by atoms with van der Waals surface area (Å²) in [6, 6.07) is 5.00. The molecule has 29 heavy (non-hydrogen) atoms. The number of nitrogens with zero attached hydrogens (tertiary/aromatic N) is 3. The van der Waals surface area contributed by atoms with Gasteiger partial charge < -0.3 is 15.5 Å². The molecule has 0 amide bonds. The van der Waals surface area contributed by atoms with Gasteiger partial charge in [0.1, 0.15) is 0 Å². The highest BCUT2D eigenvalue weighted by Crippen LogP contribution is 2.36. The Morgan fingerprint density at radius 2 is 2.00 bits per heavy atom. The summed E-state index contributed by atoms with van der Waals surface area (Å²) in [5.41, 5.74) is 0. The Morgan fingerprint density at radius 1 is 1.17 bits per heavy atom. The Hall–Kier alpha value is -1.11. The summed E-state index contributed by atoms with van der Waals surface area (Å²) in [4.78, 5) is 11.1. The van der Waals surface area contributed by atoms with E-state index in [-0.39, 0.29) is 0 Å². The molecule has 6 heteroatoms. The fraction of sp³-hybridized carbons (Fsp3) is 0.783. The van der Waals surface area contributed by atoms with Crippen molar-refractivity contribution in [3.8, 4) is 0 Å². The molecule has 2 fully saturated rings. The van der Waals surface area contributed by atoms with Crippen molar-refractivity contribution in [1.29, 1.82) is 0 Å². The van der Waals surface area contributed by atoms with Crippen LogP contribution in [0, 0.1) is 11.8 Å². The van der Waals surface area contributed by atoms with E-state index >= 15 is 0 Å². The van der Waals surface area contributed by atoms with Crippen molar-refractivity contribution in [3.63, 3.8) is 0 Å². The molecule has 2 aliphatic rings. The summed E-state index contributed by atoms with van der Waals surface area (Å²) in [5, 5.41) is 9.33. The van der Waals surface area contributed by atoms with Crippen molar-refractivity contribution in [2.45, 2.75) is 51.5 Å². The van der Waals surface area contributed by atoms with Crippen molar-refractivity contribution < 1.29 is 0 Å². The molecule has 1 aromatic heterocycles. The number of hydrogen-bond acceptors (Lipinski definition) is 4. The van der Waals surface area contributed by atoms with Crippen LogP contribution in [-0.4, -0.2) is 69.1 Å². The van der Waals surface area contributed by atoms with E-state index in [0.717, 1.165) is 25.0 Å². The first kappa shape index (κ1) is 22.6. The van der Waals surface area contributed by atoms with Crippen LogP contribution in [0.1, 0.15) is 56.4 Å². The molecule has 2 atom stereocenters. The SMILES string of the molecule is CN=C(NCCCCN1CCC(C)CC1)NCC1CCCN(C)C1c1cccs1. The van der Waals surface area contributed by atoms with E-state index in [2.05, 4.69) is 56.9 Å². The van der Waals surface area contributed by atoms with Crippen molar-refractivity contribution >= 4 is 17.3 Å². The summed E-state index contributed by atoms with van der Waals surface area (Å²) < 4.78 is 0. The van der Waals surface area contributed by atoms with Crippen molar-refractivity contribution in [3.05, 3.63) is 22.4 Å². The topological polar surface area (TPSA) is 42.9 Å². The molecular formula is C23H41N5S. The maximum atomic E-state index is 4.45. The van der Waals surface area contributed by atoms with E-state index in [1.807, 2.05) is 18.4 Å². The quantitative estimate of drug-likeness (QED) is 0.382. The molecule has 5 nitrogen and oxygen atoms in total. The lowest BCUT2D eigenvalue weighted by molar-refractivity contribution is 0.125. The second kappa shape index (κ2) is 11.9. The number of aliphatic imine (C=N–C) groups is 1. The molecule has 164 valence electrons. The number of thiophene rings is 1. The zero-order valence-corrected chi connectivity index (χ0v) is 19.5. The van der Waals surface area contributed by atoms with Gasteiger partial charge in [0.05, 0.1) is 0 Å². The lowest BCUT2D eigenvalue weighted by Crippen LogP contribution is -2.45. The van der Waals surface area contributed by atoms with Gasteiger partial charge in [-0.3, -0.25) is 9.89 Å². The molecule has 2 aliphatic heterocycles. The van der Waals surface area contributed by atoms with Crippen LogP contribution in [0.3, 0.4) is 0 Å². The van der Waals surface area contributed by atoms with Crippen molar-refractivity contribution in [2.24, 2.45) is 16.8 Å². The van der Waals surface area contributed by atoms with Crippen LogP contribution in [0.15, 0.2) is 22.5 Å². The van der Waals surface area contributed by atoms with Gasteiger partial charge in [-0.05, 0) is 95.0 Å². The fourth-order valence-electron chi connectivity index (χ4n) is 4.78. The molecule has 2 N–H and O–H groups in total. The normalized spacial score (nSPS) is 25.3. The lowest BCUT2D eigenvalue weighted by atomic mass is 9.88. The van der Waals surface area contributed by atoms with E-state index in [9.17, 15) is 0 Å². The number of guanidine groups is 1. The van der Waals surface area contributed by atoms with Crippen molar-refractivity contribution in [2.75, 3.05) is 53.4 Å². The number of rotatable bonds is 8. The van der Waals surface area contributed by atoms with Gasteiger partial charge in [0.25, 0.3) is 0 Å². The third kappa shape index (κ3) is 6.97. The fourth-order valence-corrected chi connectivity index (χ4v) is 5.77. The summed E-state index contributed by atoms with van der Waals surface area (Å²) in [6.45, 7) is 9.40. The summed E-state index contributed by atoms with van der Waals surface area (Å²) in [5.74, 6) is 2.51. The molecule has 0 saturated carbocycles. The number of unbranched alkanes of at least 4 members (excludes halogenated alkanes) is 1. The van der Waals surface area contributed by atoms with E-state index in [1.165, 1.54) is 69.6 Å². The predicted molar refractivity (Wildman–Crippen MR) is 126 cm³/mol. The van der Waals surface area contributed by atoms with E-state index in [0.29, 0.717) is 12.0 Å². The first-order valence-corrected chi connectivity index (χ1v) is 12.5. The number of piperidine rings is 2. The second-order valence-electron chi connectivity index (χ2n) is 8.95. The minimum atomic E-state index is 0.529. The van der Waals surface area contributed by atoms with Gasteiger partial charge in [-0.25, -0.2) is 0 Å². The number of nitrogens with one attached hydrogen (secondary N) is 2. The maximum absolute atomic E-state index is 4.45. The molecule has 0 aromatic carbocycles. The van der Waals surface area contributed by atoms with Gasteiger partial charge >= 0.3 is 0 Å². The first-order chi connectivity index (χ1) is 14.2. The highest BCUT2D eigenvalue weighted by atomic mass is 32.1. The van der Waals surface area contributed by atoms with Crippen LogP contribution in [0.2, 0.25) is 0 Å². The van der Waals surface area contributed by atoms with E-state index in [4.69, 9.17) is 0 Å². The molecule has 0 radical (unpaired) electrons. The number of likely N-dealkylation sites (tertiary alicyclic amines) is 2. The molecular weight excluding hydrogens is 378 g/mol. The standard InChI is InChI=1S/C23H41N5S/c1-19-10-15-28(16-11-19)14-5-4-12-25-23(24-2)26-18-20-8-6-13-27(3)22(20)21-9-7-17-29-21/h7,9,17,19-20,22H,4-6,8,10-16,18H2,1-3H3,(H2,24,25,26). The van der Waals surface area contributed by atoms with Gasteiger partial charge in [-0.15, -0.1) is 11.3 Å². The Kier molecular flexibility index (Phi) is 9.28. The predicted octanol–water partition coefficient (Wildman–Crippen LogP) is 3.81. The molecule has 0 spiro atoms. The van der Waals surface area contributed by atoms with Crippen LogP contribution in [-0.2, 0) is 0 Å².